The van der Waals surface area contributed by atoms with Crippen molar-refractivity contribution in [2.24, 2.45) is 0 Å². The van der Waals surface area contributed by atoms with Crippen LogP contribution in [-0.2, 0) is 9.53 Å². The molecule has 0 fully saturated rings. The van der Waals surface area contributed by atoms with Crippen LogP contribution >= 0.6 is 11.6 Å². The molecule has 1 aromatic carbocycles. The van der Waals surface area contributed by atoms with Crippen LogP contribution in [0.3, 0.4) is 0 Å². The fourth-order valence-electron chi connectivity index (χ4n) is 1.64. The number of esters is 1. The molecule has 0 saturated heterocycles. The van der Waals surface area contributed by atoms with Crippen LogP contribution in [0.4, 0.5) is 0 Å². The van der Waals surface area contributed by atoms with Crippen molar-refractivity contribution in [1.82, 2.24) is 5.32 Å². The minimum Gasteiger partial charge on any atom is -0.469 e. The molecule has 0 saturated carbocycles. The summed E-state index contributed by atoms with van der Waals surface area (Å²) in [6.45, 7) is 5.59. The molecule has 0 heterocycles. The van der Waals surface area contributed by atoms with E-state index in [2.05, 4.69) is 10.1 Å². The lowest BCUT2D eigenvalue weighted by atomic mass is 10.1. The molecule has 1 unspecified atom stereocenters. The standard InChI is InChI=1S/C14H18ClNO3/c1-8-5-11(12(15)6-9(8)2)14(18)16-10(3)7-13(17)19-4/h5-6,10H,7H2,1-4H3,(H,16,18). The van der Waals surface area contributed by atoms with Crippen LogP contribution in [-0.4, -0.2) is 25.0 Å². The minimum absolute atomic E-state index is 0.130. The van der Waals surface area contributed by atoms with Crippen molar-refractivity contribution in [1.29, 1.82) is 0 Å². The smallest absolute Gasteiger partial charge is 0.307 e. The second-order valence-corrected chi connectivity index (χ2v) is 4.98. The van der Waals surface area contributed by atoms with Crippen LogP contribution in [0.15, 0.2) is 12.1 Å². The molecule has 1 atom stereocenters. The molecule has 4 nitrogen and oxygen atoms in total. The number of amides is 1. The van der Waals surface area contributed by atoms with Crippen molar-refractivity contribution >= 4 is 23.5 Å². The van der Waals surface area contributed by atoms with E-state index >= 15 is 0 Å². The number of nitrogens with one attached hydrogen (secondary N) is 1. The molecule has 1 aromatic rings. The van der Waals surface area contributed by atoms with Crippen molar-refractivity contribution in [3.05, 3.63) is 33.8 Å². The zero-order valence-corrected chi connectivity index (χ0v) is 12.3. The Morgan fingerprint density at radius 2 is 1.89 bits per heavy atom. The second-order valence-electron chi connectivity index (χ2n) is 4.57. The maximum atomic E-state index is 12.1. The molecule has 0 bridgehead atoms. The van der Waals surface area contributed by atoms with Gasteiger partial charge in [0.1, 0.15) is 0 Å². The van der Waals surface area contributed by atoms with Gasteiger partial charge in [-0.2, -0.15) is 0 Å². The van der Waals surface area contributed by atoms with Crippen LogP contribution in [0.5, 0.6) is 0 Å². The van der Waals surface area contributed by atoms with Gasteiger partial charge in [0, 0.05) is 6.04 Å². The Morgan fingerprint density at radius 3 is 2.47 bits per heavy atom. The lowest BCUT2D eigenvalue weighted by molar-refractivity contribution is -0.141. The van der Waals surface area contributed by atoms with E-state index in [1.165, 1.54) is 7.11 Å². The van der Waals surface area contributed by atoms with Gasteiger partial charge in [-0.25, -0.2) is 0 Å². The summed E-state index contributed by atoms with van der Waals surface area (Å²) in [6.07, 6.45) is 0.130. The summed E-state index contributed by atoms with van der Waals surface area (Å²) < 4.78 is 4.55. The van der Waals surface area contributed by atoms with Crippen molar-refractivity contribution < 1.29 is 14.3 Å². The topological polar surface area (TPSA) is 55.4 Å². The summed E-state index contributed by atoms with van der Waals surface area (Å²) in [5.74, 6) is -0.650. The Morgan fingerprint density at radius 1 is 1.32 bits per heavy atom. The number of carbonyl (C=O) groups excluding carboxylic acids is 2. The third kappa shape index (κ3) is 4.24. The Labute approximate surface area is 118 Å². The summed E-state index contributed by atoms with van der Waals surface area (Å²) in [5, 5.41) is 3.13. The zero-order valence-electron chi connectivity index (χ0n) is 11.5. The maximum Gasteiger partial charge on any atom is 0.307 e. The molecule has 1 N–H and O–H groups in total. The molecule has 104 valence electrons. The average molecular weight is 284 g/mol. The monoisotopic (exact) mass is 283 g/mol. The molecule has 5 heteroatoms. The Balaban J connectivity index is 2.78. The molecule has 0 spiro atoms. The van der Waals surface area contributed by atoms with Crippen LogP contribution < -0.4 is 5.32 Å². The van der Waals surface area contributed by atoms with E-state index in [-0.39, 0.29) is 24.3 Å². The highest BCUT2D eigenvalue weighted by Crippen LogP contribution is 2.21. The molecule has 0 aliphatic heterocycles. The molecule has 1 rings (SSSR count). The molecular weight excluding hydrogens is 266 g/mol. The van der Waals surface area contributed by atoms with Gasteiger partial charge in [-0.05, 0) is 44.0 Å². The van der Waals surface area contributed by atoms with E-state index in [0.29, 0.717) is 10.6 Å². The second kappa shape index (κ2) is 6.57. The maximum absolute atomic E-state index is 12.1. The van der Waals surface area contributed by atoms with Gasteiger partial charge >= 0.3 is 5.97 Å². The molecule has 0 radical (unpaired) electrons. The Kier molecular flexibility index (Phi) is 5.36. The van der Waals surface area contributed by atoms with Gasteiger partial charge in [-0.3, -0.25) is 9.59 Å². The number of aryl methyl sites for hydroxylation is 2. The summed E-state index contributed by atoms with van der Waals surface area (Å²) >= 11 is 6.06. The van der Waals surface area contributed by atoms with E-state index in [4.69, 9.17) is 11.6 Å². The molecular formula is C14H18ClNO3. The number of benzene rings is 1. The predicted octanol–water partition coefficient (Wildman–Crippen LogP) is 2.64. The lowest BCUT2D eigenvalue weighted by Crippen LogP contribution is -2.34. The highest BCUT2D eigenvalue weighted by atomic mass is 35.5. The van der Waals surface area contributed by atoms with Gasteiger partial charge in [-0.15, -0.1) is 0 Å². The zero-order chi connectivity index (χ0) is 14.6. The summed E-state index contributed by atoms with van der Waals surface area (Å²) in [5.41, 5.74) is 2.45. The summed E-state index contributed by atoms with van der Waals surface area (Å²) in [7, 11) is 1.32. The molecule has 0 aliphatic rings. The number of hydrogen-bond donors (Lipinski definition) is 1. The van der Waals surface area contributed by atoms with Gasteiger partial charge in [0.2, 0.25) is 0 Å². The predicted molar refractivity (Wildman–Crippen MR) is 74.5 cm³/mol. The normalized spacial score (nSPS) is 11.8. The fourth-order valence-corrected chi connectivity index (χ4v) is 1.94. The van der Waals surface area contributed by atoms with Gasteiger partial charge < -0.3 is 10.1 Å². The first-order chi connectivity index (χ1) is 8.85. The van der Waals surface area contributed by atoms with Gasteiger partial charge in [-0.1, -0.05) is 11.6 Å². The number of ether oxygens (including phenoxy) is 1. The number of carbonyl (C=O) groups is 2. The number of hydrogen-bond acceptors (Lipinski definition) is 3. The Bertz CT molecular complexity index is 500. The van der Waals surface area contributed by atoms with Crippen LogP contribution in [0, 0.1) is 13.8 Å². The minimum atomic E-state index is -0.362. The summed E-state index contributed by atoms with van der Waals surface area (Å²) in [4.78, 5) is 23.2. The highest BCUT2D eigenvalue weighted by molar-refractivity contribution is 6.34. The van der Waals surface area contributed by atoms with Crippen LogP contribution in [0.2, 0.25) is 5.02 Å². The van der Waals surface area contributed by atoms with Gasteiger partial charge in [0.15, 0.2) is 0 Å². The first-order valence-electron chi connectivity index (χ1n) is 5.99. The molecule has 0 aromatic heterocycles. The Hall–Kier alpha value is -1.55. The van der Waals surface area contributed by atoms with E-state index in [9.17, 15) is 9.59 Å². The molecule has 1 amide bonds. The molecule has 19 heavy (non-hydrogen) atoms. The first-order valence-corrected chi connectivity index (χ1v) is 6.37. The van der Waals surface area contributed by atoms with Gasteiger partial charge in [0.05, 0.1) is 24.1 Å². The van der Waals surface area contributed by atoms with E-state index in [1.807, 2.05) is 13.8 Å². The number of rotatable bonds is 4. The first kappa shape index (κ1) is 15.5. The van der Waals surface area contributed by atoms with Crippen LogP contribution in [0.25, 0.3) is 0 Å². The third-order valence-corrected chi connectivity index (χ3v) is 3.22. The number of halogens is 1. The molecule has 0 aliphatic carbocycles. The SMILES string of the molecule is COC(=O)CC(C)NC(=O)c1cc(C)c(C)cc1Cl. The average Bonchev–Trinajstić information content (AvgIpc) is 2.33. The third-order valence-electron chi connectivity index (χ3n) is 2.91. The van der Waals surface area contributed by atoms with Crippen molar-refractivity contribution in [2.75, 3.05) is 7.11 Å². The largest absolute Gasteiger partial charge is 0.469 e. The van der Waals surface area contributed by atoms with Crippen molar-refractivity contribution in [3.63, 3.8) is 0 Å². The van der Waals surface area contributed by atoms with Crippen molar-refractivity contribution in [3.8, 4) is 0 Å². The fraction of sp³-hybridized carbons (Fsp3) is 0.429. The van der Waals surface area contributed by atoms with Crippen molar-refractivity contribution in [2.45, 2.75) is 33.2 Å². The highest BCUT2D eigenvalue weighted by Gasteiger charge is 2.16. The lowest BCUT2D eigenvalue weighted by Gasteiger charge is -2.14. The van der Waals surface area contributed by atoms with E-state index in [0.717, 1.165) is 11.1 Å². The number of methoxy groups -OCH3 is 1. The van der Waals surface area contributed by atoms with E-state index < -0.39 is 0 Å². The van der Waals surface area contributed by atoms with E-state index in [1.54, 1.807) is 19.1 Å². The van der Waals surface area contributed by atoms with Crippen LogP contribution in [0.1, 0.15) is 34.8 Å². The van der Waals surface area contributed by atoms with Gasteiger partial charge in [0.25, 0.3) is 5.91 Å². The quantitative estimate of drug-likeness (QED) is 0.864. The summed E-state index contributed by atoms with van der Waals surface area (Å²) in [6, 6.07) is 3.20.